The Balaban J connectivity index is 0.000000224. The number of aromatic hydroxyl groups is 1. The molecule has 2 rings (SSSR count). The molecule has 3 N–H and O–H groups in total. The minimum absolute atomic E-state index is 0.299. The first-order chi connectivity index (χ1) is 8.90. The molecule has 0 spiro atoms. The van der Waals surface area contributed by atoms with E-state index in [0.717, 1.165) is 10.8 Å². The highest BCUT2D eigenvalue weighted by Crippen LogP contribution is 2.25. The maximum absolute atomic E-state index is 9.81. The molecule has 0 amide bonds. The van der Waals surface area contributed by atoms with Gasteiger partial charge in [0.15, 0.2) is 0 Å². The summed E-state index contributed by atoms with van der Waals surface area (Å²) < 4.78 is 3.97. The van der Waals surface area contributed by atoms with E-state index in [1.54, 1.807) is 18.2 Å². The van der Waals surface area contributed by atoms with E-state index in [-0.39, 0.29) is 0 Å². The average Bonchev–Trinajstić information content (AvgIpc) is 2.27. The van der Waals surface area contributed by atoms with Crippen LogP contribution in [0.4, 0.5) is 5.69 Å². The smallest absolute Gasteiger partial charge is 0.310 e. The number of nitrogen functional groups attached to an aromatic ring is 1. The lowest BCUT2D eigenvalue weighted by atomic mass is 10.1. The van der Waals surface area contributed by atoms with Crippen molar-refractivity contribution in [1.29, 1.82) is 0 Å². The van der Waals surface area contributed by atoms with Gasteiger partial charge >= 0.3 is 11.9 Å². The van der Waals surface area contributed by atoms with Crippen LogP contribution in [-0.2, 0) is 14.3 Å². The normalized spacial score (nSPS) is 9.37. The minimum Gasteiger partial charge on any atom is -0.507 e. The van der Waals surface area contributed by atoms with Gasteiger partial charge in [0.2, 0.25) is 0 Å². The average molecular weight is 261 g/mol. The molecular weight excluding hydrogens is 246 g/mol. The number of nitrogens with two attached hydrogens (primary N) is 1. The molecule has 0 fully saturated rings. The number of anilines is 1. The standard InChI is InChI=1S/C10H9NO.C4H6O3/c11-8-4-5-9-7(6-8)2-1-3-10(9)12;1-3(5)7-4(2)6/h1-6,12H,11H2;1-2H3. The Morgan fingerprint density at radius 3 is 2.26 bits per heavy atom. The monoisotopic (exact) mass is 261 g/mol. The number of phenolic OH excluding ortho intramolecular Hbond substituents is 1. The van der Waals surface area contributed by atoms with Gasteiger partial charge < -0.3 is 15.6 Å². The summed E-state index contributed by atoms with van der Waals surface area (Å²) in [5.41, 5.74) is 6.31. The van der Waals surface area contributed by atoms with Gasteiger partial charge in [0.1, 0.15) is 5.75 Å². The van der Waals surface area contributed by atoms with Crippen LogP contribution in [-0.4, -0.2) is 17.0 Å². The molecule has 0 heterocycles. The fourth-order valence-corrected chi connectivity index (χ4v) is 1.49. The van der Waals surface area contributed by atoms with Crippen LogP contribution in [0.25, 0.3) is 10.8 Å². The number of carbonyl (C=O) groups excluding carboxylic acids is 2. The number of benzene rings is 2. The molecule has 2 aromatic carbocycles. The Kier molecular flexibility index (Phi) is 4.88. The van der Waals surface area contributed by atoms with E-state index in [0.29, 0.717) is 11.4 Å². The largest absolute Gasteiger partial charge is 0.507 e. The van der Waals surface area contributed by atoms with Crippen molar-refractivity contribution in [2.45, 2.75) is 13.8 Å². The number of carbonyl (C=O) groups is 2. The first-order valence-corrected chi connectivity index (χ1v) is 5.56. The highest BCUT2D eigenvalue weighted by molar-refractivity contribution is 5.90. The second-order valence-corrected chi connectivity index (χ2v) is 3.84. The lowest BCUT2D eigenvalue weighted by Gasteiger charge is -2.00. The molecule has 100 valence electrons. The molecule has 0 saturated heterocycles. The molecule has 0 unspecified atom stereocenters. The Bertz CT molecular complexity index is 595. The van der Waals surface area contributed by atoms with Crippen molar-refractivity contribution < 1.29 is 19.4 Å². The zero-order valence-electron chi connectivity index (χ0n) is 10.7. The van der Waals surface area contributed by atoms with Crippen LogP contribution in [0, 0.1) is 0 Å². The third kappa shape index (κ3) is 4.67. The second-order valence-electron chi connectivity index (χ2n) is 3.84. The molecule has 5 nitrogen and oxygen atoms in total. The minimum atomic E-state index is -0.562. The molecule has 0 aliphatic rings. The van der Waals surface area contributed by atoms with Gasteiger partial charge in [-0.3, -0.25) is 9.59 Å². The molecule has 0 atom stereocenters. The molecule has 0 bridgehead atoms. The lowest BCUT2D eigenvalue weighted by Crippen LogP contribution is -2.03. The Hall–Kier alpha value is -2.56. The molecule has 2 aromatic rings. The van der Waals surface area contributed by atoms with Crippen molar-refractivity contribution in [1.82, 2.24) is 0 Å². The summed E-state index contributed by atoms with van der Waals surface area (Å²) in [5.74, 6) is -0.826. The fourth-order valence-electron chi connectivity index (χ4n) is 1.49. The molecule has 0 radical (unpaired) electrons. The van der Waals surface area contributed by atoms with Gasteiger partial charge in [-0.2, -0.15) is 0 Å². The van der Waals surface area contributed by atoms with Crippen LogP contribution in [0.5, 0.6) is 5.75 Å². The predicted molar refractivity (Wildman–Crippen MR) is 72.5 cm³/mol. The third-order valence-corrected chi connectivity index (χ3v) is 2.17. The molecule has 0 aliphatic heterocycles. The number of hydrogen-bond donors (Lipinski definition) is 2. The fraction of sp³-hybridized carbons (Fsp3) is 0.143. The van der Waals surface area contributed by atoms with Crippen molar-refractivity contribution in [3.8, 4) is 5.75 Å². The maximum atomic E-state index is 9.81. The number of ether oxygens (including phenoxy) is 1. The van der Waals surface area contributed by atoms with E-state index in [1.807, 2.05) is 18.2 Å². The van der Waals surface area contributed by atoms with Gasteiger partial charge in [0, 0.05) is 24.9 Å². The van der Waals surface area contributed by atoms with Gasteiger partial charge in [-0.1, -0.05) is 12.1 Å². The van der Waals surface area contributed by atoms with E-state index in [9.17, 15) is 14.7 Å². The van der Waals surface area contributed by atoms with Gasteiger partial charge in [0.05, 0.1) is 0 Å². The molecule has 0 aromatic heterocycles. The summed E-state index contributed by atoms with van der Waals surface area (Å²) in [6.45, 7) is 2.36. The first kappa shape index (κ1) is 14.5. The van der Waals surface area contributed by atoms with Crippen LogP contribution in [0.15, 0.2) is 36.4 Å². The first-order valence-electron chi connectivity index (χ1n) is 5.56. The van der Waals surface area contributed by atoms with E-state index in [1.165, 1.54) is 13.8 Å². The Labute approximate surface area is 110 Å². The maximum Gasteiger partial charge on any atom is 0.310 e. The van der Waals surface area contributed by atoms with Gasteiger partial charge in [-0.05, 0) is 29.7 Å². The van der Waals surface area contributed by atoms with Crippen LogP contribution >= 0.6 is 0 Å². The molecule has 5 heteroatoms. The van der Waals surface area contributed by atoms with Crippen LogP contribution < -0.4 is 5.73 Å². The third-order valence-electron chi connectivity index (χ3n) is 2.17. The number of fused-ring (bicyclic) bond motifs is 1. The molecule has 19 heavy (non-hydrogen) atoms. The number of hydrogen-bond acceptors (Lipinski definition) is 5. The molecule has 0 aliphatic carbocycles. The summed E-state index contributed by atoms with van der Waals surface area (Å²) in [7, 11) is 0. The summed E-state index contributed by atoms with van der Waals surface area (Å²) in [5, 5.41) is 11.2. The van der Waals surface area contributed by atoms with E-state index in [4.69, 9.17) is 5.73 Å². The van der Waals surface area contributed by atoms with Gasteiger partial charge in [-0.25, -0.2) is 0 Å². The quantitative estimate of drug-likeness (QED) is 0.431. The summed E-state index contributed by atoms with van der Waals surface area (Å²) in [4.78, 5) is 19.6. The van der Waals surface area contributed by atoms with Crippen molar-refractivity contribution in [2.75, 3.05) is 5.73 Å². The Morgan fingerprint density at radius 1 is 1.11 bits per heavy atom. The van der Waals surface area contributed by atoms with Crippen molar-refractivity contribution in [3.05, 3.63) is 36.4 Å². The zero-order valence-corrected chi connectivity index (χ0v) is 10.7. The van der Waals surface area contributed by atoms with Crippen LogP contribution in [0.3, 0.4) is 0 Å². The summed E-state index contributed by atoms with van der Waals surface area (Å²) in [6.07, 6.45) is 0. The SMILES string of the molecule is CC(=O)OC(C)=O.Nc1ccc2c(O)cccc2c1. The number of esters is 2. The predicted octanol–water partition coefficient (Wildman–Crippen LogP) is 2.22. The second kappa shape index (κ2) is 6.39. The van der Waals surface area contributed by atoms with Gasteiger partial charge in [0.25, 0.3) is 0 Å². The van der Waals surface area contributed by atoms with Crippen LogP contribution in [0.1, 0.15) is 13.8 Å². The molecular formula is C14H15NO4. The highest BCUT2D eigenvalue weighted by atomic mass is 16.6. The van der Waals surface area contributed by atoms with Gasteiger partial charge in [-0.15, -0.1) is 0 Å². The van der Waals surface area contributed by atoms with Crippen molar-refractivity contribution in [2.24, 2.45) is 0 Å². The summed E-state index contributed by atoms with van der Waals surface area (Å²) >= 11 is 0. The van der Waals surface area contributed by atoms with Crippen molar-refractivity contribution >= 4 is 28.4 Å². The summed E-state index contributed by atoms with van der Waals surface area (Å²) in [6, 6.07) is 10.8. The van der Waals surface area contributed by atoms with E-state index < -0.39 is 11.9 Å². The molecule has 0 saturated carbocycles. The number of phenols is 1. The Morgan fingerprint density at radius 2 is 1.74 bits per heavy atom. The van der Waals surface area contributed by atoms with E-state index >= 15 is 0 Å². The van der Waals surface area contributed by atoms with E-state index in [2.05, 4.69) is 4.74 Å². The lowest BCUT2D eigenvalue weighted by molar-refractivity contribution is -0.156. The topological polar surface area (TPSA) is 89.6 Å². The van der Waals surface area contributed by atoms with Crippen molar-refractivity contribution in [3.63, 3.8) is 0 Å². The number of rotatable bonds is 0. The van der Waals surface area contributed by atoms with Crippen LogP contribution in [0.2, 0.25) is 0 Å². The highest BCUT2D eigenvalue weighted by Gasteiger charge is 1.97. The zero-order chi connectivity index (χ0) is 14.4.